The fourth-order valence-corrected chi connectivity index (χ4v) is 2.12. The molecule has 1 aromatic rings. The average molecular weight is 301 g/mol. The van der Waals surface area contributed by atoms with Crippen molar-refractivity contribution < 1.29 is 8.42 Å². The number of aromatic nitrogens is 2. The predicted octanol–water partition coefficient (Wildman–Crippen LogP) is 0.958. The Kier molecular flexibility index (Phi) is 6.66. The van der Waals surface area contributed by atoms with Crippen LogP contribution in [0.2, 0.25) is 0 Å². The Labute approximate surface area is 120 Å². The summed E-state index contributed by atoms with van der Waals surface area (Å²) in [6.07, 6.45) is 4.39. The minimum atomic E-state index is -3.11. The summed E-state index contributed by atoms with van der Waals surface area (Å²) >= 11 is 0. The van der Waals surface area contributed by atoms with Crippen molar-refractivity contribution in [3.63, 3.8) is 0 Å². The number of hydrogen-bond acceptors (Lipinski definition) is 6. The number of nitrogens with zero attached hydrogens (tertiary/aromatic N) is 2. The number of rotatable bonds is 9. The zero-order chi connectivity index (χ0) is 15.0. The van der Waals surface area contributed by atoms with Crippen LogP contribution < -0.4 is 15.4 Å². The molecule has 1 heterocycles. The highest BCUT2D eigenvalue weighted by molar-refractivity contribution is 7.88. The van der Waals surface area contributed by atoms with E-state index in [1.54, 1.807) is 0 Å². The Hall–Kier alpha value is -1.41. The normalized spacial score (nSPS) is 11.3. The van der Waals surface area contributed by atoms with E-state index < -0.39 is 10.0 Å². The van der Waals surface area contributed by atoms with Crippen molar-refractivity contribution in [2.24, 2.45) is 0 Å². The molecule has 0 aliphatic rings. The van der Waals surface area contributed by atoms with Gasteiger partial charge in [0.2, 0.25) is 10.0 Å². The lowest BCUT2D eigenvalue weighted by Gasteiger charge is -2.12. The van der Waals surface area contributed by atoms with Crippen LogP contribution in [0.25, 0.3) is 0 Å². The third-order valence-electron chi connectivity index (χ3n) is 2.64. The molecule has 0 radical (unpaired) electrons. The molecule has 0 aromatic carbocycles. The second-order valence-electron chi connectivity index (χ2n) is 4.57. The summed E-state index contributed by atoms with van der Waals surface area (Å²) in [6, 6.07) is 0. The van der Waals surface area contributed by atoms with Crippen molar-refractivity contribution in [1.29, 1.82) is 0 Å². The van der Waals surface area contributed by atoms with Crippen molar-refractivity contribution in [1.82, 2.24) is 14.7 Å². The molecule has 0 atom stereocenters. The molecule has 0 unspecified atom stereocenters. The van der Waals surface area contributed by atoms with Gasteiger partial charge in [0, 0.05) is 25.2 Å². The van der Waals surface area contributed by atoms with Crippen LogP contribution in [0.5, 0.6) is 0 Å². The summed E-state index contributed by atoms with van der Waals surface area (Å²) in [5, 5.41) is 6.43. The SMILES string of the molecule is CCCNc1ncnc(NCCCNS(C)(=O)=O)c1C. The van der Waals surface area contributed by atoms with Crippen LogP contribution in [-0.2, 0) is 10.0 Å². The minimum absolute atomic E-state index is 0.414. The van der Waals surface area contributed by atoms with Crippen LogP contribution in [0.3, 0.4) is 0 Å². The van der Waals surface area contributed by atoms with Gasteiger partial charge in [-0.3, -0.25) is 0 Å². The van der Waals surface area contributed by atoms with Gasteiger partial charge in [-0.2, -0.15) is 0 Å². The lowest BCUT2D eigenvalue weighted by Crippen LogP contribution is -2.24. The summed E-state index contributed by atoms with van der Waals surface area (Å²) in [7, 11) is -3.11. The molecule has 114 valence electrons. The molecule has 0 bridgehead atoms. The van der Waals surface area contributed by atoms with Gasteiger partial charge >= 0.3 is 0 Å². The van der Waals surface area contributed by atoms with E-state index in [1.807, 2.05) is 6.92 Å². The molecule has 0 saturated carbocycles. The topological polar surface area (TPSA) is 96.0 Å². The molecular weight excluding hydrogens is 278 g/mol. The van der Waals surface area contributed by atoms with E-state index in [-0.39, 0.29) is 0 Å². The zero-order valence-electron chi connectivity index (χ0n) is 12.2. The monoisotopic (exact) mass is 301 g/mol. The molecule has 8 heteroatoms. The van der Waals surface area contributed by atoms with E-state index in [2.05, 4.69) is 32.2 Å². The molecule has 1 rings (SSSR count). The molecule has 0 saturated heterocycles. The highest BCUT2D eigenvalue weighted by atomic mass is 32.2. The fourth-order valence-electron chi connectivity index (χ4n) is 1.60. The third-order valence-corrected chi connectivity index (χ3v) is 3.37. The largest absolute Gasteiger partial charge is 0.370 e. The Morgan fingerprint density at radius 1 is 1.10 bits per heavy atom. The van der Waals surface area contributed by atoms with Crippen LogP contribution in [0, 0.1) is 6.92 Å². The van der Waals surface area contributed by atoms with Gasteiger partial charge in [-0.1, -0.05) is 6.92 Å². The van der Waals surface area contributed by atoms with Crippen molar-refractivity contribution >= 4 is 21.7 Å². The number of sulfonamides is 1. The van der Waals surface area contributed by atoms with Gasteiger partial charge in [-0.05, 0) is 19.8 Å². The molecule has 0 amide bonds. The Morgan fingerprint density at radius 2 is 1.70 bits per heavy atom. The second-order valence-corrected chi connectivity index (χ2v) is 6.40. The lowest BCUT2D eigenvalue weighted by molar-refractivity contribution is 0.586. The summed E-state index contributed by atoms with van der Waals surface area (Å²) in [4.78, 5) is 8.39. The molecule has 0 fully saturated rings. The van der Waals surface area contributed by atoms with Crippen molar-refractivity contribution in [2.45, 2.75) is 26.7 Å². The summed E-state index contributed by atoms with van der Waals surface area (Å²) < 4.78 is 24.3. The third kappa shape index (κ3) is 6.16. The Bertz CT molecular complexity index is 519. The van der Waals surface area contributed by atoms with Gasteiger partial charge in [-0.25, -0.2) is 23.1 Å². The van der Waals surface area contributed by atoms with Crippen molar-refractivity contribution in [3.05, 3.63) is 11.9 Å². The van der Waals surface area contributed by atoms with Crippen molar-refractivity contribution in [3.8, 4) is 0 Å². The van der Waals surface area contributed by atoms with Gasteiger partial charge in [0.1, 0.15) is 18.0 Å². The molecule has 7 nitrogen and oxygen atoms in total. The Morgan fingerprint density at radius 3 is 2.25 bits per heavy atom. The first-order chi connectivity index (χ1) is 9.44. The number of hydrogen-bond donors (Lipinski definition) is 3. The van der Waals surface area contributed by atoms with Gasteiger partial charge in [0.15, 0.2) is 0 Å². The van der Waals surface area contributed by atoms with Gasteiger partial charge in [0.25, 0.3) is 0 Å². The highest BCUT2D eigenvalue weighted by Gasteiger charge is 2.06. The van der Waals surface area contributed by atoms with E-state index in [4.69, 9.17) is 0 Å². The van der Waals surface area contributed by atoms with Crippen molar-refractivity contribution in [2.75, 3.05) is 36.5 Å². The molecule has 0 aliphatic heterocycles. The predicted molar refractivity (Wildman–Crippen MR) is 81.5 cm³/mol. The zero-order valence-corrected chi connectivity index (χ0v) is 13.0. The fraction of sp³-hybridized carbons (Fsp3) is 0.667. The standard InChI is InChI=1S/C12H23N5O2S/c1-4-6-13-11-10(2)12(16-9-15-11)14-7-5-8-17-20(3,18)19/h9,17H,4-8H2,1-3H3,(H2,13,14,15,16). The van der Waals surface area contributed by atoms with E-state index >= 15 is 0 Å². The number of nitrogens with one attached hydrogen (secondary N) is 3. The van der Waals surface area contributed by atoms with E-state index in [9.17, 15) is 8.42 Å². The van der Waals surface area contributed by atoms with Crippen LogP contribution in [-0.4, -0.2) is 44.3 Å². The highest BCUT2D eigenvalue weighted by Crippen LogP contribution is 2.17. The second kappa shape index (κ2) is 8.01. The maximum absolute atomic E-state index is 10.9. The van der Waals surface area contributed by atoms with Crippen LogP contribution in [0.1, 0.15) is 25.3 Å². The van der Waals surface area contributed by atoms with Gasteiger partial charge < -0.3 is 10.6 Å². The Balaban J connectivity index is 2.44. The maximum atomic E-state index is 10.9. The molecule has 1 aromatic heterocycles. The van der Waals surface area contributed by atoms with E-state index in [0.717, 1.165) is 36.4 Å². The summed E-state index contributed by atoms with van der Waals surface area (Å²) in [5.41, 5.74) is 0.969. The van der Waals surface area contributed by atoms with Crippen LogP contribution >= 0.6 is 0 Å². The molecular formula is C12H23N5O2S. The smallest absolute Gasteiger partial charge is 0.208 e. The molecule has 0 spiro atoms. The van der Waals surface area contributed by atoms with Gasteiger partial charge in [0.05, 0.1) is 6.26 Å². The molecule has 0 aliphatic carbocycles. The molecule has 20 heavy (non-hydrogen) atoms. The van der Waals surface area contributed by atoms with E-state index in [0.29, 0.717) is 19.5 Å². The van der Waals surface area contributed by atoms with Crippen LogP contribution in [0.15, 0.2) is 6.33 Å². The quantitative estimate of drug-likeness (QED) is 0.588. The number of anilines is 2. The first kappa shape index (κ1) is 16.6. The minimum Gasteiger partial charge on any atom is -0.370 e. The lowest BCUT2D eigenvalue weighted by atomic mass is 10.3. The first-order valence-electron chi connectivity index (χ1n) is 6.68. The maximum Gasteiger partial charge on any atom is 0.208 e. The first-order valence-corrected chi connectivity index (χ1v) is 8.57. The summed E-state index contributed by atoms with van der Waals surface area (Å²) in [5.74, 6) is 1.61. The molecule has 3 N–H and O–H groups in total. The van der Waals surface area contributed by atoms with Crippen LogP contribution in [0.4, 0.5) is 11.6 Å². The van der Waals surface area contributed by atoms with Gasteiger partial charge in [-0.15, -0.1) is 0 Å². The average Bonchev–Trinajstić information content (AvgIpc) is 2.37. The van der Waals surface area contributed by atoms with E-state index in [1.165, 1.54) is 6.33 Å². The summed E-state index contributed by atoms with van der Waals surface area (Å²) in [6.45, 7) is 5.98.